The molecular weight excluding hydrogens is 302 g/mol. The van der Waals surface area contributed by atoms with Crippen molar-refractivity contribution in [1.29, 1.82) is 0 Å². The van der Waals surface area contributed by atoms with Crippen LogP contribution < -0.4 is 9.64 Å². The number of aryl methyl sites for hydroxylation is 1. The summed E-state index contributed by atoms with van der Waals surface area (Å²) in [4.78, 5) is 19.8. The number of hydrogen-bond acceptors (Lipinski definition) is 6. The van der Waals surface area contributed by atoms with Gasteiger partial charge in [0.2, 0.25) is 11.8 Å². The zero-order valence-electron chi connectivity index (χ0n) is 13.3. The van der Waals surface area contributed by atoms with Gasteiger partial charge in [-0.2, -0.15) is 4.98 Å². The lowest BCUT2D eigenvalue weighted by Crippen LogP contribution is -2.46. The fraction of sp³-hybridized carbons (Fsp3) is 0.222. The summed E-state index contributed by atoms with van der Waals surface area (Å²) in [7, 11) is 0. The van der Waals surface area contributed by atoms with Gasteiger partial charge in [-0.05, 0) is 25.1 Å². The van der Waals surface area contributed by atoms with E-state index in [1.165, 1.54) is 0 Å². The third-order valence-corrected chi connectivity index (χ3v) is 3.90. The summed E-state index contributed by atoms with van der Waals surface area (Å²) in [5.41, 5.74) is 0.903. The van der Waals surface area contributed by atoms with Crippen molar-refractivity contribution in [2.45, 2.75) is 12.8 Å². The van der Waals surface area contributed by atoms with E-state index in [1.54, 1.807) is 12.4 Å². The third kappa shape index (κ3) is 3.03. The second-order valence-corrected chi connectivity index (χ2v) is 5.77. The van der Waals surface area contributed by atoms with Crippen LogP contribution in [0.5, 0.6) is 11.6 Å². The third-order valence-electron chi connectivity index (χ3n) is 3.90. The quantitative estimate of drug-likeness (QED) is 0.736. The Labute approximate surface area is 140 Å². The number of benzene rings is 1. The van der Waals surface area contributed by atoms with Gasteiger partial charge in [-0.3, -0.25) is 0 Å². The summed E-state index contributed by atoms with van der Waals surface area (Å²) in [5.74, 6) is 3.19. The molecule has 3 heterocycles. The van der Waals surface area contributed by atoms with E-state index in [1.807, 2.05) is 49.4 Å². The minimum absolute atomic E-state index is 0.270. The van der Waals surface area contributed by atoms with Crippen LogP contribution in [-0.4, -0.2) is 33.0 Å². The lowest BCUT2D eigenvalue weighted by atomic mass is 10.00. The first kappa shape index (κ1) is 14.6. The van der Waals surface area contributed by atoms with Gasteiger partial charge < -0.3 is 9.64 Å². The van der Waals surface area contributed by atoms with Crippen LogP contribution in [0.1, 0.15) is 17.4 Å². The number of ether oxygens (including phenoxy) is 1. The van der Waals surface area contributed by atoms with Crippen LogP contribution in [0.3, 0.4) is 0 Å². The zero-order chi connectivity index (χ0) is 16.4. The van der Waals surface area contributed by atoms with E-state index < -0.39 is 0 Å². The average molecular weight is 319 g/mol. The fourth-order valence-electron chi connectivity index (χ4n) is 2.67. The summed E-state index contributed by atoms with van der Waals surface area (Å²) >= 11 is 0. The highest BCUT2D eigenvalue weighted by Gasteiger charge is 2.32. The van der Waals surface area contributed by atoms with Crippen molar-refractivity contribution in [1.82, 2.24) is 19.9 Å². The Morgan fingerprint density at radius 3 is 2.50 bits per heavy atom. The Morgan fingerprint density at radius 1 is 1.00 bits per heavy atom. The largest absolute Gasteiger partial charge is 0.439 e. The first-order valence-corrected chi connectivity index (χ1v) is 7.88. The summed E-state index contributed by atoms with van der Waals surface area (Å²) in [5, 5.41) is 0. The number of aromatic nitrogens is 4. The second kappa shape index (κ2) is 6.23. The average Bonchev–Trinajstić information content (AvgIpc) is 2.55. The van der Waals surface area contributed by atoms with E-state index >= 15 is 0 Å². The van der Waals surface area contributed by atoms with Crippen LogP contribution in [0, 0.1) is 6.92 Å². The highest BCUT2D eigenvalue weighted by Crippen LogP contribution is 2.29. The maximum atomic E-state index is 5.84. The van der Waals surface area contributed by atoms with Crippen LogP contribution in [0.4, 0.5) is 5.95 Å². The van der Waals surface area contributed by atoms with E-state index in [9.17, 15) is 0 Å². The highest BCUT2D eigenvalue weighted by molar-refractivity contribution is 5.37. The van der Waals surface area contributed by atoms with Gasteiger partial charge in [0.15, 0.2) is 0 Å². The molecule has 6 heteroatoms. The molecule has 1 saturated heterocycles. The molecule has 0 radical (unpaired) electrons. The lowest BCUT2D eigenvalue weighted by Gasteiger charge is -2.38. The van der Waals surface area contributed by atoms with Crippen molar-refractivity contribution in [3.05, 3.63) is 66.4 Å². The Balaban J connectivity index is 1.49. The normalized spacial score (nSPS) is 14.3. The van der Waals surface area contributed by atoms with Crippen molar-refractivity contribution in [3.63, 3.8) is 0 Å². The molecule has 0 N–H and O–H groups in total. The van der Waals surface area contributed by atoms with Crippen molar-refractivity contribution in [3.8, 4) is 11.6 Å². The molecule has 3 aromatic rings. The summed E-state index contributed by atoms with van der Waals surface area (Å²) in [6.07, 6.45) is 3.51. The van der Waals surface area contributed by atoms with Crippen LogP contribution >= 0.6 is 0 Å². The summed E-state index contributed by atoms with van der Waals surface area (Å²) in [6, 6.07) is 13.3. The van der Waals surface area contributed by atoms with Crippen LogP contribution in [-0.2, 0) is 0 Å². The highest BCUT2D eigenvalue weighted by atomic mass is 16.5. The molecule has 1 fully saturated rings. The summed E-state index contributed by atoms with van der Waals surface area (Å²) < 4.78 is 5.84. The number of hydrogen-bond donors (Lipinski definition) is 0. The van der Waals surface area contributed by atoms with Crippen LogP contribution in [0.25, 0.3) is 0 Å². The molecular formula is C18H17N5O. The topological polar surface area (TPSA) is 64.0 Å². The molecule has 0 aliphatic carbocycles. The monoisotopic (exact) mass is 319 g/mol. The predicted molar refractivity (Wildman–Crippen MR) is 90.3 cm³/mol. The van der Waals surface area contributed by atoms with Gasteiger partial charge in [-0.15, -0.1) is 0 Å². The molecule has 1 aromatic carbocycles. The molecule has 0 spiro atoms. The van der Waals surface area contributed by atoms with Gasteiger partial charge in [-0.1, -0.05) is 18.2 Å². The molecule has 120 valence electrons. The predicted octanol–water partition coefficient (Wildman–Crippen LogP) is 2.97. The number of rotatable bonds is 4. The molecule has 0 bridgehead atoms. The standard InChI is InChI=1S/C18H17N5O/c1-13-10-16(24-15-6-3-2-4-7-15)22-17(21-13)14-11-23(12-14)18-19-8-5-9-20-18/h2-10,14H,11-12H2,1H3. The number of anilines is 1. The van der Waals surface area contributed by atoms with Gasteiger partial charge in [0, 0.05) is 37.2 Å². The molecule has 0 saturated carbocycles. The Bertz CT molecular complexity index is 819. The van der Waals surface area contributed by atoms with Crippen LogP contribution in [0.15, 0.2) is 54.9 Å². The SMILES string of the molecule is Cc1cc(Oc2ccccc2)nc(C2CN(c3ncccn3)C2)n1. The van der Waals surface area contributed by atoms with Crippen LogP contribution in [0.2, 0.25) is 0 Å². The smallest absolute Gasteiger partial charge is 0.225 e. The molecule has 0 amide bonds. The van der Waals surface area contributed by atoms with E-state index in [2.05, 4.69) is 24.8 Å². The number of para-hydroxylation sites is 1. The first-order valence-electron chi connectivity index (χ1n) is 7.88. The van der Waals surface area contributed by atoms with E-state index in [4.69, 9.17) is 4.74 Å². The zero-order valence-corrected chi connectivity index (χ0v) is 13.3. The van der Waals surface area contributed by atoms with Crippen molar-refractivity contribution < 1.29 is 4.74 Å². The molecule has 1 aliphatic heterocycles. The van der Waals surface area contributed by atoms with Gasteiger partial charge in [0.05, 0.1) is 5.92 Å². The van der Waals surface area contributed by atoms with Crippen molar-refractivity contribution in [2.24, 2.45) is 0 Å². The first-order chi connectivity index (χ1) is 11.8. The van der Waals surface area contributed by atoms with Gasteiger partial charge in [-0.25, -0.2) is 15.0 Å². The van der Waals surface area contributed by atoms with Gasteiger partial charge >= 0.3 is 0 Å². The Morgan fingerprint density at radius 2 is 1.75 bits per heavy atom. The Hall–Kier alpha value is -3.02. The van der Waals surface area contributed by atoms with E-state index in [-0.39, 0.29) is 5.92 Å². The summed E-state index contributed by atoms with van der Waals surface area (Å²) in [6.45, 7) is 3.59. The number of nitrogens with zero attached hydrogens (tertiary/aromatic N) is 5. The van der Waals surface area contributed by atoms with Gasteiger partial charge in [0.1, 0.15) is 11.6 Å². The molecule has 1 aliphatic rings. The van der Waals surface area contributed by atoms with Gasteiger partial charge in [0.25, 0.3) is 0 Å². The lowest BCUT2D eigenvalue weighted by molar-refractivity contribution is 0.440. The molecule has 4 rings (SSSR count). The molecule has 24 heavy (non-hydrogen) atoms. The van der Waals surface area contributed by atoms with Crippen molar-refractivity contribution >= 4 is 5.95 Å². The molecule has 0 unspecified atom stereocenters. The molecule has 6 nitrogen and oxygen atoms in total. The second-order valence-electron chi connectivity index (χ2n) is 5.77. The molecule has 0 atom stereocenters. The fourth-order valence-corrected chi connectivity index (χ4v) is 2.67. The minimum atomic E-state index is 0.270. The van der Waals surface area contributed by atoms with Crippen molar-refractivity contribution in [2.75, 3.05) is 18.0 Å². The Kier molecular flexibility index (Phi) is 3.78. The maximum Gasteiger partial charge on any atom is 0.225 e. The maximum absolute atomic E-state index is 5.84. The van der Waals surface area contributed by atoms with E-state index in [0.29, 0.717) is 5.88 Å². The minimum Gasteiger partial charge on any atom is -0.439 e. The van der Waals surface area contributed by atoms with E-state index in [0.717, 1.165) is 36.3 Å². The molecule has 2 aromatic heterocycles.